The van der Waals surface area contributed by atoms with Gasteiger partial charge in [-0.3, -0.25) is 0 Å². The largest absolute Gasteiger partial charge is 0.308 e. The van der Waals surface area contributed by atoms with Crippen LogP contribution in [0.2, 0.25) is 0 Å². The molecule has 0 spiro atoms. The number of fused-ring (bicyclic) bond motifs is 1. The Balaban J connectivity index is 2.13. The van der Waals surface area contributed by atoms with E-state index >= 15 is 0 Å². The van der Waals surface area contributed by atoms with Crippen LogP contribution in [0.4, 0.5) is 0 Å². The topological polar surface area (TPSA) is 24.9 Å². The number of benzene rings is 1. The van der Waals surface area contributed by atoms with Gasteiger partial charge in [0.2, 0.25) is 0 Å². The SMILES string of the molecule is CCC(C)NCc1nc2ccc(C)cc2s1. The van der Waals surface area contributed by atoms with Crippen molar-refractivity contribution in [3.05, 3.63) is 28.8 Å². The van der Waals surface area contributed by atoms with E-state index in [0.29, 0.717) is 6.04 Å². The smallest absolute Gasteiger partial charge is 0.108 e. The van der Waals surface area contributed by atoms with Gasteiger partial charge >= 0.3 is 0 Å². The Bertz CT molecular complexity index is 476. The van der Waals surface area contributed by atoms with Crippen LogP contribution in [0.5, 0.6) is 0 Å². The maximum atomic E-state index is 4.62. The van der Waals surface area contributed by atoms with Crippen molar-refractivity contribution in [3.63, 3.8) is 0 Å². The average Bonchev–Trinajstić information content (AvgIpc) is 2.67. The molecule has 1 heterocycles. The third kappa shape index (κ3) is 2.60. The molecule has 0 aliphatic carbocycles. The van der Waals surface area contributed by atoms with Crippen LogP contribution in [0.1, 0.15) is 30.8 Å². The molecule has 0 aliphatic rings. The minimum atomic E-state index is 0.564. The van der Waals surface area contributed by atoms with Gasteiger partial charge in [0.25, 0.3) is 0 Å². The molecule has 1 atom stereocenters. The number of aryl methyl sites for hydroxylation is 1. The van der Waals surface area contributed by atoms with Gasteiger partial charge < -0.3 is 5.32 Å². The van der Waals surface area contributed by atoms with Crippen molar-refractivity contribution in [2.45, 2.75) is 39.8 Å². The van der Waals surface area contributed by atoms with Crippen LogP contribution in [0.25, 0.3) is 10.2 Å². The zero-order valence-corrected chi connectivity index (χ0v) is 10.9. The zero-order valence-electron chi connectivity index (χ0n) is 10.1. The highest BCUT2D eigenvalue weighted by Crippen LogP contribution is 2.23. The Kier molecular flexibility index (Phi) is 3.56. The minimum absolute atomic E-state index is 0.564. The molecular weight excluding hydrogens is 216 g/mol. The van der Waals surface area contributed by atoms with Gasteiger partial charge in [0, 0.05) is 12.6 Å². The van der Waals surface area contributed by atoms with Crippen molar-refractivity contribution in [2.24, 2.45) is 0 Å². The van der Waals surface area contributed by atoms with E-state index in [0.717, 1.165) is 18.5 Å². The molecule has 0 saturated heterocycles. The molecule has 0 amide bonds. The molecule has 0 radical (unpaired) electrons. The molecule has 3 heteroatoms. The summed E-state index contributed by atoms with van der Waals surface area (Å²) in [6.45, 7) is 7.40. The van der Waals surface area contributed by atoms with Crippen molar-refractivity contribution in [1.29, 1.82) is 0 Å². The first-order valence-electron chi connectivity index (χ1n) is 5.78. The first kappa shape index (κ1) is 11.6. The van der Waals surface area contributed by atoms with Crippen molar-refractivity contribution in [3.8, 4) is 0 Å². The van der Waals surface area contributed by atoms with E-state index in [1.807, 2.05) is 0 Å². The maximum Gasteiger partial charge on any atom is 0.108 e. The number of hydrogen-bond acceptors (Lipinski definition) is 3. The number of nitrogens with one attached hydrogen (secondary N) is 1. The second kappa shape index (κ2) is 4.93. The monoisotopic (exact) mass is 234 g/mol. The maximum absolute atomic E-state index is 4.62. The zero-order chi connectivity index (χ0) is 11.5. The lowest BCUT2D eigenvalue weighted by Crippen LogP contribution is -2.24. The van der Waals surface area contributed by atoms with Crippen LogP contribution in [0.3, 0.4) is 0 Å². The molecule has 86 valence electrons. The van der Waals surface area contributed by atoms with E-state index in [1.54, 1.807) is 11.3 Å². The van der Waals surface area contributed by atoms with Gasteiger partial charge in [-0.15, -0.1) is 11.3 Å². The summed E-state index contributed by atoms with van der Waals surface area (Å²) in [5.74, 6) is 0. The van der Waals surface area contributed by atoms with Gasteiger partial charge in [0.15, 0.2) is 0 Å². The summed E-state index contributed by atoms with van der Waals surface area (Å²) in [7, 11) is 0. The fraction of sp³-hybridized carbons (Fsp3) is 0.462. The number of rotatable bonds is 4. The first-order chi connectivity index (χ1) is 7.69. The van der Waals surface area contributed by atoms with Crippen molar-refractivity contribution in [1.82, 2.24) is 10.3 Å². The molecule has 0 saturated carbocycles. The Morgan fingerprint density at radius 2 is 2.25 bits per heavy atom. The van der Waals surface area contributed by atoms with Gasteiger partial charge in [-0.2, -0.15) is 0 Å². The fourth-order valence-electron chi connectivity index (χ4n) is 1.56. The van der Waals surface area contributed by atoms with Crippen molar-refractivity contribution < 1.29 is 0 Å². The highest BCUT2D eigenvalue weighted by Gasteiger charge is 2.04. The quantitative estimate of drug-likeness (QED) is 0.876. The number of aromatic nitrogens is 1. The van der Waals surface area contributed by atoms with Crippen molar-refractivity contribution in [2.75, 3.05) is 0 Å². The van der Waals surface area contributed by atoms with Crippen molar-refractivity contribution >= 4 is 21.6 Å². The standard InChI is InChI=1S/C13H18N2S/c1-4-10(3)14-8-13-15-11-6-5-9(2)7-12(11)16-13/h5-7,10,14H,4,8H2,1-3H3. The Morgan fingerprint density at radius 3 is 3.00 bits per heavy atom. The van der Waals surface area contributed by atoms with Crippen LogP contribution in [-0.2, 0) is 6.54 Å². The van der Waals surface area contributed by atoms with E-state index in [-0.39, 0.29) is 0 Å². The summed E-state index contributed by atoms with van der Waals surface area (Å²) in [6.07, 6.45) is 1.16. The fourth-order valence-corrected chi connectivity index (χ4v) is 2.58. The molecule has 0 fully saturated rings. The van der Waals surface area contributed by atoms with Gasteiger partial charge in [-0.05, 0) is 38.0 Å². The summed E-state index contributed by atoms with van der Waals surface area (Å²) >= 11 is 1.79. The molecule has 1 aromatic heterocycles. The number of thiazole rings is 1. The van der Waals surface area contributed by atoms with Gasteiger partial charge in [-0.25, -0.2) is 4.98 Å². The van der Waals surface area contributed by atoms with Gasteiger partial charge in [0.05, 0.1) is 10.2 Å². The Labute approximate surface area is 101 Å². The van der Waals surface area contributed by atoms with Crippen LogP contribution < -0.4 is 5.32 Å². The molecule has 0 bridgehead atoms. The molecule has 2 rings (SSSR count). The molecule has 1 aromatic carbocycles. The minimum Gasteiger partial charge on any atom is -0.308 e. The van der Waals surface area contributed by atoms with E-state index in [1.165, 1.54) is 15.3 Å². The van der Waals surface area contributed by atoms with Gasteiger partial charge in [-0.1, -0.05) is 13.0 Å². The van der Waals surface area contributed by atoms with Crippen LogP contribution in [-0.4, -0.2) is 11.0 Å². The lowest BCUT2D eigenvalue weighted by molar-refractivity contribution is 0.533. The molecule has 16 heavy (non-hydrogen) atoms. The van der Waals surface area contributed by atoms with Crippen LogP contribution in [0, 0.1) is 6.92 Å². The van der Waals surface area contributed by atoms with E-state index in [9.17, 15) is 0 Å². The number of nitrogens with zero attached hydrogens (tertiary/aromatic N) is 1. The average molecular weight is 234 g/mol. The van der Waals surface area contributed by atoms with Gasteiger partial charge in [0.1, 0.15) is 5.01 Å². The summed E-state index contributed by atoms with van der Waals surface area (Å²) in [4.78, 5) is 4.62. The Hall–Kier alpha value is -0.930. The molecular formula is C13H18N2S. The third-order valence-corrected chi connectivity index (χ3v) is 3.82. The van der Waals surface area contributed by atoms with E-state index in [4.69, 9.17) is 0 Å². The molecule has 0 aliphatic heterocycles. The summed E-state index contributed by atoms with van der Waals surface area (Å²) in [6, 6.07) is 7.00. The third-order valence-electron chi connectivity index (χ3n) is 2.80. The predicted octanol–water partition coefficient (Wildman–Crippen LogP) is 3.49. The Morgan fingerprint density at radius 1 is 1.44 bits per heavy atom. The van der Waals surface area contributed by atoms with E-state index < -0.39 is 0 Å². The molecule has 1 unspecified atom stereocenters. The molecule has 1 N–H and O–H groups in total. The normalized spacial score (nSPS) is 13.2. The highest BCUT2D eigenvalue weighted by atomic mass is 32.1. The number of hydrogen-bond donors (Lipinski definition) is 1. The van der Waals surface area contributed by atoms with Crippen LogP contribution in [0.15, 0.2) is 18.2 Å². The molecule has 2 nitrogen and oxygen atoms in total. The lowest BCUT2D eigenvalue weighted by Gasteiger charge is -2.08. The summed E-state index contributed by atoms with van der Waals surface area (Å²) < 4.78 is 1.29. The predicted molar refractivity (Wildman–Crippen MR) is 70.9 cm³/mol. The van der Waals surface area contributed by atoms with Crippen LogP contribution >= 0.6 is 11.3 Å². The second-order valence-corrected chi connectivity index (χ2v) is 5.38. The molecule has 2 aromatic rings. The summed E-state index contributed by atoms with van der Waals surface area (Å²) in [5, 5.41) is 4.65. The lowest BCUT2D eigenvalue weighted by atomic mass is 10.2. The first-order valence-corrected chi connectivity index (χ1v) is 6.60. The summed E-state index contributed by atoms with van der Waals surface area (Å²) in [5.41, 5.74) is 2.43. The van der Waals surface area contributed by atoms with E-state index in [2.05, 4.69) is 49.3 Å². The highest BCUT2D eigenvalue weighted by molar-refractivity contribution is 7.18. The second-order valence-electron chi connectivity index (χ2n) is 4.27.